The van der Waals surface area contributed by atoms with E-state index in [1.54, 1.807) is 12.1 Å². The third kappa shape index (κ3) is 2.75. The monoisotopic (exact) mass is 442 g/mol. The van der Waals surface area contributed by atoms with Gasteiger partial charge in [0.2, 0.25) is 0 Å². The highest BCUT2D eigenvalue weighted by atomic mass is 127. The van der Waals surface area contributed by atoms with Crippen molar-refractivity contribution in [1.82, 2.24) is 9.55 Å². The van der Waals surface area contributed by atoms with E-state index >= 15 is 0 Å². The van der Waals surface area contributed by atoms with Gasteiger partial charge in [-0.15, -0.1) is 0 Å². The molecule has 0 saturated carbocycles. The Morgan fingerprint density at radius 3 is 2.94 bits per heavy atom. The van der Waals surface area contributed by atoms with Crippen LogP contribution in [-0.2, 0) is 6.54 Å². The lowest BCUT2D eigenvalue weighted by Gasteiger charge is -2.08. The first-order valence-corrected chi connectivity index (χ1v) is 7.09. The van der Waals surface area contributed by atoms with Crippen molar-refractivity contribution in [2.24, 2.45) is 0 Å². The minimum atomic E-state index is -0.364. The van der Waals surface area contributed by atoms with E-state index in [9.17, 15) is 9.18 Å². The van der Waals surface area contributed by atoms with Crippen molar-refractivity contribution < 1.29 is 4.39 Å². The van der Waals surface area contributed by atoms with E-state index in [-0.39, 0.29) is 23.1 Å². The maximum atomic E-state index is 13.4. The van der Waals surface area contributed by atoms with Gasteiger partial charge in [-0.2, -0.15) is 0 Å². The molecule has 0 spiro atoms. The average molecular weight is 443 g/mol. The van der Waals surface area contributed by atoms with Crippen LogP contribution in [0.5, 0.6) is 0 Å². The molecular formula is C11H6BrClFIN2O. The summed E-state index contributed by atoms with van der Waals surface area (Å²) in [5.41, 5.74) is 0.420. The number of rotatable bonds is 2. The predicted molar refractivity (Wildman–Crippen MR) is 79.4 cm³/mol. The SMILES string of the molecule is O=c1c(I)c(Cl)ncn1Cc1cccc(F)c1Br. The number of halogens is 4. The number of hydrogen-bond acceptors (Lipinski definition) is 2. The van der Waals surface area contributed by atoms with Crippen LogP contribution in [0.25, 0.3) is 0 Å². The summed E-state index contributed by atoms with van der Waals surface area (Å²) in [6.45, 7) is 0.233. The van der Waals surface area contributed by atoms with E-state index in [0.29, 0.717) is 13.6 Å². The van der Waals surface area contributed by atoms with Gasteiger partial charge in [0.05, 0.1) is 17.3 Å². The zero-order chi connectivity index (χ0) is 13.3. The van der Waals surface area contributed by atoms with Gasteiger partial charge < -0.3 is 0 Å². The summed E-state index contributed by atoms with van der Waals surface area (Å²) in [6, 6.07) is 4.68. The first-order valence-electron chi connectivity index (χ1n) is 4.84. The molecule has 0 aliphatic heterocycles. The zero-order valence-electron chi connectivity index (χ0n) is 8.83. The Hall–Kier alpha value is -0.470. The second-order valence-electron chi connectivity index (χ2n) is 3.50. The first-order chi connectivity index (χ1) is 8.50. The molecule has 1 aromatic carbocycles. The lowest BCUT2D eigenvalue weighted by molar-refractivity contribution is 0.614. The Morgan fingerprint density at radius 1 is 1.50 bits per heavy atom. The van der Waals surface area contributed by atoms with Gasteiger partial charge in [0, 0.05) is 0 Å². The molecule has 2 aromatic rings. The quantitative estimate of drug-likeness (QED) is 0.527. The summed E-state index contributed by atoms with van der Waals surface area (Å²) in [6.07, 6.45) is 1.35. The molecule has 0 radical (unpaired) electrons. The second-order valence-corrected chi connectivity index (χ2v) is 5.73. The molecule has 0 fully saturated rings. The van der Waals surface area contributed by atoms with Crippen molar-refractivity contribution in [1.29, 1.82) is 0 Å². The molecule has 94 valence electrons. The largest absolute Gasteiger partial charge is 0.294 e. The fourth-order valence-electron chi connectivity index (χ4n) is 1.41. The normalized spacial score (nSPS) is 10.7. The third-order valence-electron chi connectivity index (χ3n) is 2.31. The topological polar surface area (TPSA) is 34.9 Å². The first kappa shape index (κ1) is 14.0. The summed E-state index contributed by atoms with van der Waals surface area (Å²) in [4.78, 5) is 15.8. The highest BCUT2D eigenvalue weighted by molar-refractivity contribution is 14.1. The molecule has 3 nitrogen and oxygen atoms in total. The zero-order valence-corrected chi connectivity index (χ0v) is 13.3. The molecule has 0 N–H and O–H groups in total. The standard InChI is InChI=1S/C11H6BrClFIN2O/c12-8-6(2-1-3-7(8)14)4-17-5-16-10(13)9(15)11(17)18/h1-3,5H,4H2. The molecule has 0 unspecified atom stereocenters. The Bertz CT molecular complexity index is 662. The molecule has 7 heteroatoms. The van der Waals surface area contributed by atoms with Crippen molar-refractivity contribution in [2.75, 3.05) is 0 Å². The van der Waals surface area contributed by atoms with Gasteiger partial charge >= 0.3 is 0 Å². The van der Waals surface area contributed by atoms with Gasteiger partial charge in [-0.1, -0.05) is 23.7 Å². The molecule has 0 amide bonds. The van der Waals surface area contributed by atoms with Crippen LogP contribution in [0, 0.1) is 9.39 Å². The average Bonchev–Trinajstić information content (AvgIpc) is 2.35. The van der Waals surface area contributed by atoms with Gasteiger partial charge in [-0.05, 0) is 50.2 Å². The van der Waals surface area contributed by atoms with E-state index in [0.717, 1.165) is 0 Å². The minimum absolute atomic E-state index is 0.176. The molecule has 0 bridgehead atoms. The van der Waals surface area contributed by atoms with Crippen LogP contribution in [0.1, 0.15) is 5.56 Å². The van der Waals surface area contributed by atoms with Crippen molar-refractivity contribution in [3.8, 4) is 0 Å². The fraction of sp³-hybridized carbons (Fsp3) is 0.0909. The Balaban J connectivity index is 2.44. The van der Waals surface area contributed by atoms with Crippen LogP contribution >= 0.6 is 50.1 Å². The van der Waals surface area contributed by atoms with Crippen molar-refractivity contribution in [3.05, 3.63) is 59.5 Å². The molecule has 0 aliphatic carbocycles. The summed E-state index contributed by atoms with van der Waals surface area (Å²) in [7, 11) is 0. The van der Waals surface area contributed by atoms with Crippen molar-refractivity contribution in [3.63, 3.8) is 0 Å². The maximum Gasteiger partial charge on any atom is 0.268 e. The molecule has 0 atom stereocenters. The number of hydrogen-bond donors (Lipinski definition) is 0. The maximum absolute atomic E-state index is 13.4. The number of aromatic nitrogens is 2. The smallest absolute Gasteiger partial charge is 0.268 e. The van der Waals surface area contributed by atoms with E-state index in [1.165, 1.54) is 17.0 Å². The van der Waals surface area contributed by atoms with E-state index in [2.05, 4.69) is 20.9 Å². The molecule has 2 rings (SSSR count). The summed E-state index contributed by atoms with van der Waals surface area (Å²) in [5, 5.41) is 0.176. The Labute approximate surface area is 129 Å². The van der Waals surface area contributed by atoms with E-state index < -0.39 is 0 Å². The Kier molecular flexibility index (Phi) is 4.39. The van der Waals surface area contributed by atoms with Crippen molar-refractivity contribution >= 4 is 50.1 Å². The van der Waals surface area contributed by atoms with Gasteiger partial charge in [-0.25, -0.2) is 9.37 Å². The van der Waals surface area contributed by atoms with Crippen LogP contribution in [0.2, 0.25) is 5.15 Å². The predicted octanol–water partition coefficient (Wildman–Crippen LogP) is 3.45. The summed E-state index contributed by atoms with van der Waals surface area (Å²) < 4.78 is 15.4. The lowest BCUT2D eigenvalue weighted by Crippen LogP contribution is -2.23. The molecule has 1 heterocycles. The van der Waals surface area contributed by atoms with E-state index in [4.69, 9.17) is 11.6 Å². The van der Waals surface area contributed by atoms with Crippen LogP contribution < -0.4 is 5.56 Å². The molecule has 18 heavy (non-hydrogen) atoms. The fourth-order valence-corrected chi connectivity index (χ4v) is 2.37. The highest BCUT2D eigenvalue weighted by Crippen LogP contribution is 2.21. The molecule has 0 saturated heterocycles. The van der Waals surface area contributed by atoms with Crippen LogP contribution in [0.3, 0.4) is 0 Å². The molecule has 1 aromatic heterocycles. The Morgan fingerprint density at radius 2 is 2.22 bits per heavy atom. The van der Waals surface area contributed by atoms with Crippen LogP contribution in [0.4, 0.5) is 4.39 Å². The minimum Gasteiger partial charge on any atom is -0.294 e. The summed E-state index contributed by atoms with van der Waals surface area (Å²) >= 11 is 10.7. The van der Waals surface area contributed by atoms with Crippen LogP contribution in [-0.4, -0.2) is 9.55 Å². The van der Waals surface area contributed by atoms with Gasteiger partial charge in [0.1, 0.15) is 14.5 Å². The number of nitrogens with zero attached hydrogens (tertiary/aromatic N) is 2. The molecular weight excluding hydrogens is 437 g/mol. The van der Waals surface area contributed by atoms with Crippen LogP contribution in [0.15, 0.2) is 33.8 Å². The molecule has 0 aliphatic rings. The van der Waals surface area contributed by atoms with Gasteiger partial charge in [0.15, 0.2) is 0 Å². The van der Waals surface area contributed by atoms with Crippen molar-refractivity contribution in [2.45, 2.75) is 6.54 Å². The van der Waals surface area contributed by atoms with E-state index in [1.807, 2.05) is 22.6 Å². The van der Waals surface area contributed by atoms with Gasteiger partial charge in [-0.3, -0.25) is 9.36 Å². The second kappa shape index (κ2) is 5.66. The number of benzene rings is 1. The summed E-state index contributed by atoms with van der Waals surface area (Å²) in [5.74, 6) is -0.364. The highest BCUT2D eigenvalue weighted by Gasteiger charge is 2.10. The lowest BCUT2D eigenvalue weighted by atomic mass is 10.2. The van der Waals surface area contributed by atoms with Gasteiger partial charge in [0.25, 0.3) is 5.56 Å². The third-order valence-corrected chi connectivity index (χ3v) is 4.78.